The van der Waals surface area contributed by atoms with Gasteiger partial charge in [0.1, 0.15) is 0 Å². The van der Waals surface area contributed by atoms with Crippen LogP contribution >= 0.6 is 27.5 Å². The van der Waals surface area contributed by atoms with E-state index in [1.807, 2.05) is 25.1 Å². The number of rotatable bonds is 7. The van der Waals surface area contributed by atoms with Crippen molar-refractivity contribution in [1.82, 2.24) is 5.32 Å². The zero-order valence-electron chi connectivity index (χ0n) is 11.2. The number of hydrogen-bond donors (Lipinski definition) is 1. The van der Waals surface area contributed by atoms with Gasteiger partial charge in [-0.2, -0.15) is 0 Å². The molecule has 0 spiro atoms. The Hall–Kier alpha value is -0.580. The summed E-state index contributed by atoms with van der Waals surface area (Å²) in [7, 11) is 0. The summed E-state index contributed by atoms with van der Waals surface area (Å²) in [5, 5.41) is 4.09. The molecule has 0 heterocycles. The normalized spacial score (nSPS) is 12.2. The van der Waals surface area contributed by atoms with Crippen LogP contribution in [0.15, 0.2) is 22.7 Å². The molecule has 1 atom stereocenters. The highest BCUT2D eigenvalue weighted by Crippen LogP contribution is 2.26. The Bertz CT molecular complexity index is 426. The molecule has 3 nitrogen and oxygen atoms in total. The van der Waals surface area contributed by atoms with Gasteiger partial charge in [0.15, 0.2) is 0 Å². The van der Waals surface area contributed by atoms with Crippen LogP contribution in [0.5, 0.6) is 0 Å². The van der Waals surface area contributed by atoms with Crippen molar-refractivity contribution in [1.29, 1.82) is 0 Å². The van der Waals surface area contributed by atoms with Crippen LogP contribution < -0.4 is 5.32 Å². The summed E-state index contributed by atoms with van der Waals surface area (Å²) in [5.41, 5.74) is 1.06. The number of benzene rings is 1. The van der Waals surface area contributed by atoms with Crippen molar-refractivity contribution < 1.29 is 9.53 Å². The van der Waals surface area contributed by atoms with E-state index in [1.165, 1.54) is 0 Å². The third-order valence-electron chi connectivity index (χ3n) is 2.74. The Morgan fingerprint density at radius 1 is 1.53 bits per heavy atom. The molecule has 0 amide bonds. The van der Waals surface area contributed by atoms with E-state index >= 15 is 0 Å². The number of hydrogen-bond acceptors (Lipinski definition) is 3. The van der Waals surface area contributed by atoms with Crippen molar-refractivity contribution in [3.63, 3.8) is 0 Å². The highest BCUT2D eigenvalue weighted by Gasteiger charge is 2.09. The molecule has 0 bridgehead atoms. The Morgan fingerprint density at radius 3 is 2.89 bits per heavy atom. The molecule has 106 valence electrons. The summed E-state index contributed by atoms with van der Waals surface area (Å²) in [6.07, 6.45) is 1.21. The van der Waals surface area contributed by atoms with E-state index in [0.717, 1.165) is 28.0 Å². The van der Waals surface area contributed by atoms with Crippen LogP contribution in [0.1, 0.15) is 38.3 Å². The largest absolute Gasteiger partial charge is 0.466 e. The number of halogens is 2. The van der Waals surface area contributed by atoms with Gasteiger partial charge >= 0.3 is 5.97 Å². The lowest BCUT2D eigenvalue weighted by Crippen LogP contribution is -2.21. The highest BCUT2D eigenvalue weighted by molar-refractivity contribution is 9.10. The maximum atomic E-state index is 11.2. The smallest absolute Gasteiger partial charge is 0.305 e. The maximum absolute atomic E-state index is 11.2. The number of nitrogens with one attached hydrogen (secondary N) is 1. The lowest BCUT2D eigenvalue weighted by molar-refractivity contribution is -0.143. The van der Waals surface area contributed by atoms with Crippen molar-refractivity contribution >= 4 is 33.5 Å². The lowest BCUT2D eigenvalue weighted by atomic mass is 10.1. The first-order chi connectivity index (χ1) is 9.04. The first kappa shape index (κ1) is 16.5. The highest BCUT2D eigenvalue weighted by atomic mass is 79.9. The molecule has 0 aliphatic heterocycles. The molecular weight excluding hydrogens is 330 g/mol. The standard InChI is InChI=1S/C14H19BrClNO2/c1-3-19-14(18)5-4-8-17-10(2)12-7-6-11(15)9-13(12)16/h6-7,9-10,17H,3-5,8H2,1-2H3. The Labute approximate surface area is 127 Å². The number of carbonyl (C=O) groups excluding carboxylic acids is 1. The zero-order valence-corrected chi connectivity index (χ0v) is 13.6. The first-order valence-electron chi connectivity index (χ1n) is 6.38. The summed E-state index contributed by atoms with van der Waals surface area (Å²) in [4.78, 5) is 11.2. The molecule has 1 aromatic rings. The molecule has 1 N–H and O–H groups in total. The van der Waals surface area contributed by atoms with Gasteiger partial charge in [-0.15, -0.1) is 0 Å². The summed E-state index contributed by atoms with van der Waals surface area (Å²) in [6.45, 7) is 5.07. The van der Waals surface area contributed by atoms with E-state index in [4.69, 9.17) is 16.3 Å². The fourth-order valence-corrected chi connectivity index (χ4v) is 2.58. The average Bonchev–Trinajstić information content (AvgIpc) is 2.34. The molecular formula is C14H19BrClNO2. The van der Waals surface area contributed by atoms with Crippen molar-refractivity contribution in [3.8, 4) is 0 Å². The molecule has 0 fully saturated rings. The molecule has 0 saturated carbocycles. The van der Waals surface area contributed by atoms with E-state index in [2.05, 4.69) is 28.2 Å². The Kier molecular flexibility index (Phi) is 7.42. The summed E-state index contributed by atoms with van der Waals surface area (Å²) in [6, 6.07) is 6.00. The third kappa shape index (κ3) is 5.93. The molecule has 19 heavy (non-hydrogen) atoms. The van der Waals surface area contributed by atoms with Gasteiger partial charge in [-0.3, -0.25) is 4.79 Å². The second kappa shape index (κ2) is 8.56. The molecule has 1 rings (SSSR count). The van der Waals surface area contributed by atoms with E-state index in [0.29, 0.717) is 13.0 Å². The first-order valence-corrected chi connectivity index (χ1v) is 7.55. The Balaban J connectivity index is 2.35. The predicted octanol–water partition coefficient (Wildman–Crippen LogP) is 4.10. The van der Waals surface area contributed by atoms with Crippen molar-refractivity contribution in [2.24, 2.45) is 0 Å². The van der Waals surface area contributed by atoms with Crippen molar-refractivity contribution in [2.75, 3.05) is 13.2 Å². The maximum Gasteiger partial charge on any atom is 0.305 e. The SMILES string of the molecule is CCOC(=O)CCCNC(C)c1ccc(Br)cc1Cl. The minimum Gasteiger partial charge on any atom is -0.466 e. The van der Waals surface area contributed by atoms with Crippen molar-refractivity contribution in [3.05, 3.63) is 33.3 Å². The summed E-state index contributed by atoms with van der Waals surface area (Å²) >= 11 is 9.57. The van der Waals surface area contributed by atoms with Gasteiger partial charge in [-0.05, 0) is 44.5 Å². The molecule has 1 aromatic carbocycles. The molecule has 0 radical (unpaired) electrons. The van der Waals surface area contributed by atoms with Crippen LogP contribution in [0.2, 0.25) is 5.02 Å². The van der Waals surface area contributed by atoms with Crippen LogP contribution in [-0.4, -0.2) is 19.1 Å². The van der Waals surface area contributed by atoms with Crippen LogP contribution in [0.3, 0.4) is 0 Å². The van der Waals surface area contributed by atoms with E-state index in [-0.39, 0.29) is 12.0 Å². The Morgan fingerprint density at radius 2 is 2.26 bits per heavy atom. The molecule has 1 unspecified atom stereocenters. The van der Waals surface area contributed by atoms with Gasteiger partial charge < -0.3 is 10.1 Å². The monoisotopic (exact) mass is 347 g/mol. The topological polar surface area (TPSA) is 38.3 Å². The van der Waals surface area contributed by atoms with Crippen molar-refractivity contribution in [2.45, 2.75) is 32.7 Å². The number of esters is 1. The second-order valence-corrected chi connectivity index (χ2v) is 5.57. The molecule has 0 aliphatic rings. The molecule has 0 saturated heterocycles. The van der Waals surface area contributed by atoms with Gasteiger partial charge in [0, 0.05) is 22.0 Å². The predicted molar refractivity (Wildman–Crippen MR) is 81.4 cm³/mol. The number of carbonyl (C=O) groups is 1. The van der Waals surface area contributed by atoms with Crippen LogP contribution in [0.4, 0.5) is 0 Å². The zero-order chi connectivity index (χ0) is 14.3. The molecule has 0 aromatic heterocycles. The minimum atomic E-state index is -0.140. The van der Waals surface area contributed by atoms with Gasteiger partial charge in [0.25, 0.3) is 0 Å². The minimum absolute atomic E-state index is 0.140. The number of ether oxygens (including phenoxy) is 1. The summed E-state index contributed by atoms with van der Waals surface area (Å²) < 4.78 is 5.84. The van der Waals surface area contributed by atoms with Crippen LogP contribution in [0, 0.1) is 0 Å². The molecule has 5 heteroatoms. The van der Waals surface area contributed by atoms with E-state index in [9.17, 15) is 4.79 Å². The van der Waals surface area contributed by atoms with Gasteiger partial charge in [0.05, 0.1) is 6.61 Å². The quantitative estimate of drug-likeness (QED) is 0.595. The molecule has 0 aliphatic carbocycles. The fourth-order valence-electron chi connectivity index (χ4n) is 1.75. The van der Waals surface area contributed by atoms with E-state index < -0.39 is 0 Å². The van der Waals surface area contributed by atoms with Gasteiger partial charge in [0.2, 0.25) is 0 Å². The summed E-state index contributed by atoms with van der Waals surface area (Å²) in [5.74, 6) is -0.140. The van der Waals surface area contributed by atoms with Crippen LogP contribution in [-0.2, 0) is 9.53 Å². The fraction of sp³-hybridized carbons (Fsp3) is 0.500. The lowest BCUT2D eigenvalue weighted by Gasteiger charge is -2.15. The third-order valence-corrected chi connectivity index (χ3v) is 3.56. The van der Waals surface area contributed by atoms with E-state index in [1.54, 1.807) is 0 Å². The van der Waals surface area contributed by atoms with Gasteiger partial charge in [-0.25, -0.2) is 0 Å². The second-order valence-electron chi connectivity index (χ2n) is 4.25. The van der Waals surface area contributed by atoms with Gasteiger partial charge in [-0.1, -0.05) is 33.6 Å². The van der Waals surface area contributed by atoms with Crippen LogP contribution in [0.25, 0.3) is 0 Å². The average molecular weight is 349 g/mol.